The number of hydrogen-bond donors (Lipinski definition) is 1. The Labute approximate surface area is 194 Å². The van der Waals surface area contributed by atoms with Crippen molar-refractivity contribution in [1.29, 1.82) is 0 Å². The summed E-state index contributed by atoms with van der Waals surface area (Å²) in [7, 11) is 1.63. The van der Waals surface area contributed by atoms with Gasteiger partial charge in [-0.05, 0) is 48.9 Å². The van der Waals surface area contributed by atoms with Gasteiger partial charge in [0.05, 0.1) is 17.7 Å². The van der Waals surface area contributed by atoms with Crippen LogP contribution in [0.25, 0.3) is 27.7 Å². The zero-order chi connectivity index (χ0) is 24.2. The minimum Gasteiger partial charge on any atom is -0.478 e. The highest BCUT2D eigenvalue weighted by Gasteiger charge is 2.17. The number of fused-ring (bicyclic) bond motifs is 1. The highest BCUT2D eigenvalue weighted by atomic mass is 19.3. The van der Waals surface area contributed by atoms with Gasteiger partial charge < -0.3 is 15.2 Å². The van der Waals surface area contributed by atoms with Gasteiger partial charge in [0.1, 0.15) is 5.75 Å². The third kappa shape index (κ3) is 4.59. The molecule has 34 heavy (non-hydrogen) atoms. The van der Waals surface area contributed by atoms with Gasteiger partial charge >= 0.3 is 6.61 Å². The molecule has 9 heteroatoms. The predicted molar refractivity (Wildman–Crippen MR) is 129 cm³/mol. The summed E-state index contributed by atoms with van der Waals surface area (Å²) >= 11 is 0. The zero-order valence-electron chi connectivity index (χ0n) is 18.5. The molecule has 2 N–H and O–H groups in total. The molecule has 4 rings (SSSR count). The van der Waals surface area contributed by atoms with E-state index in [0.717, 1.165) is 0 Å². The van der Waals surface area contributed by atoms with E-state index in [1.807, 2.05) is 13.0 Å². The lowest BCUT2D eigenvalue weighted by Gasteiger charge is -2.14. The summed E-state index contributed by atoms with van der Waals surface area (Å²) in [5.41, 5.74) is 8.70. The Morgan fingerprint density at radius 1 is 1.15 bits per heavy atom. The molecule has 2 aromatic carbocycles. The SMILES string of the molecule is CCOc1ccc2cn(-c3ccc(N)c(C=NC)c3)c(=O)c(-c3ccc(OC(F)F)cc3)c2n1. The van der Waals surface area contributed by atoms with E-state index in [-0.39, 0.29) is 11.3 Å². The summed E-state index contributed by atoms with van der Waals surface area (Å²) in [6.45, 7) is -0.690. The second kappa shape index (κ2) is 9.70. The smallest absolute Gasteiger partial charge is 0.387 e. The lowest BCUT2D eigenvalue weighted by Crippen LogP contribution is -2.21. The molecule has 0 fully saturated rings. The molecule has 7 nitrogen and oxygen atoms in total. The van der Waals surface area contributed by atoms with Gasteiger partial charge in [0.15, 0.2) is 0 Å². The number of alkyl halides is 2. The van der Waals surface area contributed by atoms with Crippen LogP contribution in [0, 0.1) is 0 Å². The third-order valence-corrected chi connectivity index (χ3v) is 5.12. The number of halogens is 2. The molecule has 0 saturated carbocycles. The fourth-order valence-electron chi connectivity index (χ4n) is 3.62. The number of nitrogens with zero attached hydrogens (tertiary/aromatic N) is 3. The molecule has 0 bridgehead atoms. The van der Waals surface area contributed by atoms with Crippen LogP contribution >= 0.6 is 0 Å². The monoisotopic (exact) mass is 464 g/mol. The minimum absolute atomic E-state index is 0.00990. The van der Waals surface area contributed by atoms with Gasteiger partial charge in [-0.25, -0.2) is 4.98 Å². The van der Waals surface area contributed by atoms with E-state index in [4.69, 9.17) is 10.5 Å². The van der Waals surface area contributed by atoms with Gasteiger partial charge in [0.2, 0.25) is 5.88 Å². The van der Waals surface area contributed by atoms with Crippen LogP contribution in [0.3, 0.4) is 0 Å². The van der Waals surface area contributed by atoms with Crippen molar-refractivity contribution in [2.24, 2.45) is 4.99 Å². The van der Waals surface area contributed by atoms with Crippen LogP contribution in [-0.4, -0.2) is 36.0 Å². The maximum atomic E-state index is 13.7. The fourth-order valence-corrected chi connectivity index (χ4v) is 3.62. The number of nitrogen functional groups attached to an aromatic ring is 1. The number of hydrogen-bond acceptors (Lipinski definition) is 6. The van der Waals surface area contributed by atoms with Crippen LogP contribution in [0.4, 0.5) is 14.5 Å². The topological polar surface area (TPSA) is 91.7 Å². The number of aromatic nitrogens is 2. The molecule has 0 saturated heterocycles. The van der Waals surface area contributed by atoms with Crippen molar-refractivity contribution in [3.8, 4) is 28.4 Å². The van der Waals surface area contributed by atoms with Crippen molar-refractivity contribution < 1.29 is 18.3 Å². The molecular weight excluding hydrogens is 442 g/mol. The van der Waals surface area contributed by atoms with Crippen molar-refractivity contribution in [2.75, 3.05) is 19.4 Å². The summed E-state index contributed by atoms with van der Waals surface area (Å²) in [6.07, 6.45) is 3.31. The van der Waals surface area contributed by atoms with Crippen LogP contribution in [0.2, 0.25) is 0 Å². The Bertz CT molecular complexity index is 1420. The number of aliphatic imine (C=N–C) groups is 1. The first-order valence-corrected chi connectivity index (χ1v) is 10.5. The lowest BCUT2D eigenvalue weighted by atomic mass is 10.0. The Kier molecular flexibility index (Phi) is 6.53. The second-order valence-corrected chi connectivity index (χ2v) is 7.30. The van der Waals surface area contributed by atoms with Crippen LogP contribution in [0.5, 0.6) is 11.6 Å². The predicted octanol–water partition coefficient (Wildman–Crippen LogP) is 4.68. The Morgan fingerprint density at radius 3 is 2.59 bits per heavy atom. The largest absolute Gasteiger partial charge is 0.478 e. The zero-order valence-corrected chi connectivity index (χ0v) is 18.5. The maximum Gasteiger partial charge on any atom is 0.387 e. The molecule has 174 valence electrons. The summed E-state index contributed by atoms with van der Waals surface area (Å²) in [5.74, 6) is 0.365. The van der Waals surface area contributed by atoms with E-state index in [1.54, 1.807) is 55.9 Å². The number of pyridine rings is 2. The molecule has 0 spiro atoms. The molecular formula is C25H22F2N4O3. The van der Waals surface area contributed by atoms with Gasteiger partial charge in [-0.1, -0.05) is 12.1 Å². The molecule has 0 amide bonds. The Morgan fingerprint density at radius 2 is 1.91 bits per heavy atom. The molecule has 2 aromatic heterocycles. The van der Waals surface area contributed by atoms with Crippen LogP contribution < -0.4 is 20.8 Å². The summed E-state index contributed by atoms with van der Waals surface area (Å²) in [4.78, 5) is 22.3. The van der Waals surface area contributed by atoms with E-state index in [1.165, 1.54) is 16.7 Å². The maximum absolute atomic E-state index is 13.7. The molecule has 0 radical (unpaired) electrons. The highest BCUT2D eigenvalue weighted by molar-refractivity contribution is 5.93. The number of ether oxygens (including phenoxy) is 2. The molecule has 0 unspecified atom stereocenters. The standard InChI is InChI=1S/C25H22F2N4O3/c1-3-33-21-11-6-16-14-31(18-7-10-20(28)17(12-18)13-29-2)24(32)22(23(16)30-21)15-4-8-19(9-5-15)34-25(26)27/h4-14,25H,3,28H2,1-2H3. The summed E-state index contributed by atoms with van der Waals surface area (Å²) in [5, 5.41) is 0.688. The first-order chi connectivity index (χ1) is 16.4. The van der Waals surface area contributed by atoms with Gasteiger partial charge in [-0.3, -0.25) is 14.4 Å². The first kappa shape index (κ1) is 22.9. The summed E-state index contributed by atoms with van der Waals surface area (Å²) in [6, 6.07) is 14.6. The summed E-state index contributed by atoms with van der Waals surface area (Å²) < 4.78 is 36.6. The molecule has 0 aliphatic rings. The third-order valence-electron chi connectivity index (χ3n) is 5.12. The number of nitrogens with two attached hydrogens (primary N) is 1. The lowest BCUT2D eigenvalue weighted by molar-refractivity contribution is -0.0498. The van der Waals surface area contributed by atoms with Gasteiger partial charge in [0.25, 0.3) is 5.56 Å². The normalized spacial score (nSPS) is 11.4. The Hall–Kier alpha value is -4.27. The van der Waals surface area contributed by atoms with E-state index < -0.39 is 6.61 Å². The molecule has 4 aromatic rings. The van der Waals surface area contributed by atoms with Crippen molar-refractivity contribution in [1.82, 2.24) is 9.55 Å². The number of benzene rings is 2. The molecule has 0 aliphatic heterocycles. The molecule has 0 atom stereocenters. The van der Waals surface area contributed by atoms with E-state index in [0.29, 0.717) is 51.5 Å². The van der Waals surface area contributed by atoms with Crippen molar-refractivity contribution in [3.05, 3.63) is 76.7 Å². The van der Waals surface area contributed by atoms with Crippen LogP contribution in [0.1, 0.15) is 12.5 Å². The van der Waals surface area contributed by atoms with Gasteiger partial charge in [0, 0.05) is 47.8 Å². The van der Waals surface area contributed by atoms with Crippen LogP contribution in [0.15, 0.2) is 70.6 Å². The average Bonchev–Trinajstić information content (AvgIpc) is 2.81. The van der Waals surface area contributed by atoms with E-state index in [9.17, 15) is 13.6 Å². The fraction of sp³-hybridized carbons (Fsp3) is 0.160. The van der Waals surface area contributed by atoms with Gasteiger partial charge in [-0.15, -0.1) is 0 Å². The van der Waals surface area contributed by atoms with Crippen molar-refractivity contribution in [3.63, 3.8) is 0 Å². The van der Waals surface area contributed by atoms with Gasteiger partial charge in [-0.2, -0.15) is 8.78 Å². The van der Waals surface area contributed by atoms with Crippen molar-refractivity contribution in [2.45, 2.75) is 13.5 Å². The van der Waals surface area contributed by atoms with E-state index >= 15 is 0 Å². The highest BCUT2D eigenvalue weighted by Crippen LogP contribution is 2.29. The number of anilines is 1. The average molecular weight is 464 g/mol. The minimum atomic E-state index is -2.94. The van der Waals surface area contributed by atoms with E-state index in [2.05, 4.69) is 14.7 Å². The Balaban J connectivity index is 1.97. The number of rotatable bonds is 7. The van der Waals surface area contributed by atoms with Crippen molar-refractivity contribution >= 4 is 22.8 Å². The second-order valence-electron chi connectivity index (χ2n) is 7.30. The van der Waals surface area contributed by atoms with Crippen LogP contribution in [-0.2, 0) is 0 Å². The quantitative estimate of drug-likeness (QED) is 0.317. The molecule has 2 heterocycles. The molecule has 0 aliphatic carbocycles. The first-order valence-electron chi connectivity index (χ1n) is 10.5.